The summed E-state index contributed by atoms with van der Waals surface area (Å²) in [6.45, 7) is 0.881. The van der Waals surface area contributed by atoms with Crippen molar-refractivity contribution in [2.24, 2.45) is 11.3 Å². The zero-order valence-corrected chi connectivity index (χ0v) is 12.5. The van der Waals surface area contributed by atoms with E-state index in [1.165, 1.54) is 56.5 Å². The third-order valence-corrected chi connectivity index (χ3v) is 6.41. The highest BCUT2D eigenvalue weighted by atomic mass is 32.1. The van der Waals surface area contributed by atoms with E-state index >= 15 is 0 Å². The Labute approximate surface area is 122 Å². The summed E-state index contributed by atoms with van der Waals surface area (Å²) >= 11 is 1.53. The molecule has 0 aromatic carbocycles. The van der Waals surface area contributed by atoms with E-state index in [9.17, 15) is 4.79 Å². The van der Waals surface area contributed by atoms with Crippen LogP contribution in [0.3, 0.4) is 0 Å². The summed E-state index contributed by atoms with van der Waals surface area (Å²) in [7, 11) is 0. The number of hydrogen-bond donors (Lipinski definition) is 0. The first-order valence-electron chi connectivity index (χ1n) is 7.73. The van der Waals surface area contributed by atoms with Gasteiger partial charge in [0.25, 0.3) is 5.56 Å². The smallest absolute Gasteiger partial charge is 0.268 e. The van der Waals surface area contributed by atoms with E-state index in [2.05, 4.69) is 4.98 Å². The Morgan fingerprint density at radius 3 is 3.05 bits per heavy atom. The molecule has 2 aliphatic rings. The lowest BCUT2D eigenvalue weighted by atomic mass is 9.75. The normalized spacial score (nSPS) is 24.3. The van der Waals surface area contributed by atoms with Gasteiger partial charge in [-0.25, -0.2) is 4.98 Å². The van der Waals surface area contributed by atoms with Gasteiger partial charge in [-0.3, -0.25) is 8.75 Å². The monoisotopic (exact) mass is 288 g/mol. The molecule has 4 rings (SSSR count). The fraction of sp³-hybridized carbons (Fsp3) is 0.625. The van der Waals surface area contributed by atoms with Crippen molar-refractivity contribution in [3.8, 4) is 0 Å². The van der Waals surface area contributed by atoms with Crippen LogP contribution in [0.25, 0.3) is 10.2 Å². The molecule has 0 radical (unpaired) electrons. The highest BCUT2D eigenvalue weighted by Gasteiger charge is 2.49. The maximum atomic E-state index is 12.3. The highest BCUT2D eigenvalue weighted by Crippen LogP contribution is 2.60. The van der Waals surface area contributed by atoms with Crippen LogP contribution in [0, 0.1) is 11.3 Å². The number of aryl methyl sites for hydroxylation is 1. The SMILES string of the molecule is O=c1c2cccnc2sn1CCC1CCCCC12CC2. The van der Waals surface area contributed by atoms with Crippen molar-refractivity contribution in [3.63, 3.8) is 0 Å². The third kappa shape index (κ3) is 2.01. The molecule has 1 unspecified atom stereocenters. The average molecular weight is 288 g/mol. The van der Waals surface area contributed by atoms with E-state index in [0.717, 1.165) is 22.7 Å². The van der Waals surface area contributed by atoms with Gasteiger partial charge in [-0.15, -0.1) is 0 Å². The largest absolute Gasteiger partial charge is 0.270 e. The minimum Gasteiger partial charge on any atom is -0.268 e. The molecule has 2 heterocycles. The molecule has 0 aliphatic heterocycles. The predicted molar refractivity (Wildman–Crippen MR) is 82.1 cm³/mol. The molecule has 0 saturated heterocycles. The van der Waals surface area contributed by atoms with Crippen LogP contribution in [0.1, 0.15) is 44.9 Å². The van der Waals surface area contributed by atoms with Crippen LogP contribution in [-0.4, -0.2) is 8.94 Å². The summed E-state index contributed by atoms with van der Waals surface area (Å²) in [5.74, 6) is 0.848. The maximum Gasteiger partial charge on any atom is 0.270 e. The van der Waals surface area contributed by atoms with Gasteiger partial charge < -0.3 is 0 Å². The number of pyridine rings is 1. The van der Waals surface area contributed by atoms with Gasteiger partial charge in [-0.05, 0) is 67.1 Å². The molecule has 4 heteroatoms. The van der Waals surface area contributed by atoms with Crippen molar-refractivity contribution in [2.45, 2.75) is 51.5 Å². The molecule has 2 aromatic heterocycles. The lowest BCUT2D eigenvalue weighted by molar-refractivity contribution is 0.194. The lowest BCUT2D eigenvalue weighted by Crippen LogP contribution is -2.23. The number of nitrogens with zero attached hydrogens (tertiary/aromatic N) is 2. The zero-order valence-electron chi connectivity index (χ0n) is 11.7. The van der Waals surface area contributed by atoms with Crippen LogP contribution in [0.4, 0.5) is 0 Å². The molecule has 2 fully saturated rings. The predicted octanol–water partition coefficient (Wildman–Crippen LogP) is 3.82. The minimum atomic E-state index is 0.152. The van der Waals surface area contributed by atoms with Gasteiger partial charge >= 0.3 is 0 Å². The van der Waals surface area contributed by atoms with E-state index in [1.54, 1.807) is 6.20 Å². The van der Waals surface area contributed by atoms with Gasteiger partial charge in [-0.1, -0.05) is 12.8 Å². The molecule has 2 aromatic rings. The minimum absolute atomic E-state index is 0.152. The first kappa shape index (κ1) is 12.6. The molecule has 2 saturated carbocycles. The summed E-state index contributed by atoms with van der Waals surface area (Å²) in [4.78, 5) is 17.5. The van der Waals surface area contributed by atoms with Crippen LogP contribution in [0.5, 0.6) is 0 Å². The second-order valence-corrected chi connectivity index (χ2v) is 7.46. The van der Waals surface area contributed by atoms with Crippen LogP contribution < -0.4 is 5.56 Å². The topological polar surface area (TPSA) is 34.9 Å². The molecular weight excluding hydrogens is 268 g/mol. The Bertz CT molecular complexity index is 683. The van der Waals surface area contributed by atoms with Crippen molar-refractivity contribution in [3.05, 3.63) is 28.7 Å². The second-order valence-electron chi connectivity index (χ2n) is 6.45. The summed E-state index contributed by atoms with van der Waals surface area (Å²) in [5.41, 5.74) is 0.829. The van der Waals surface area contributed by atoms with Crippen LogP contribution in [0.15, 0.2) is 23.1 Å². The van der Waals surface area contributed by atoms with Crippen molar-refractivity contribution in [1.29, 1.82) is 0 Å². The molecule has 2 aliphatic carbocycles. The van der Waals surface area contributed by atoms with Gasteiger partial charge in [0.1, 0.15) is 4.83 Å². The summed E-state index contributed by atoms with van der Waals surface area (Å²) in [5, 5.41) is 0.780. The number of rotatable bonds is 3. The van der Waals surface area contributed by atoms with Gasteiger partial charge in [0.05, 0.1) is 5.39 Å². The average Bonchev–Trinajstić information content (AvgIpc) is 3.17. The molecule has 3 nitrogen and oxygen atoms in total. The molecule has 1 atom stereocenters. The van der Waals surface area contributed by atoms with Crippen molar-refractivity contribution in [2.75, 3.05) is 0 Å². The van der Waals surface area contributed by atoms with E-state index in [4.69, 9.17) is 0 Å². The fourth-order valence-corrected chi connectivity index (χ4v) is 4.92. The quantitative estimate of drug-likeness (QED) is 0.860. The first-order valence-corrected chi connectivity index (χ1v) is 8.51. The van der Waals surface area contributed by atoms with E-state index in [-0.39, 0.29) is 5.56 Å². The van der Waals surface area contributed by atoms with E-state index < -0.39 is 0 Å². The first-order chi connectivity index (χ1) is 9.78. The van der Waals surface area contributed by atoms with Gasteiger partial charge in [-0.2, -0.15) is 0 Å². The molecule has 1 spiro atoms. The Kier molecular flexibility index (Phi) is 2.95. The number of hydrogen-bond acceptors (Lipinski definition) is 3. The van der Waals surface area contributed by atoms with Crippen LogP contribution >= 0.6 is 11.5 Å². The molecule has 20 heavy (non-hydrogen) atoms. The Morgan fingerprint density at radius 2 is 2.25 bits per heavy atom. The van der Waals surface area contributed by atoms with Gasteiger partial charge in [0.2, 0.25) is 0 Å². The third-order valence-electron chi connectivity index (χ3n) is 5.34. The molecule has 0 N–H and O–H groups in total. The Hall–Kier alpha value is -1.16. The van der Waals surface area contributed by atoms with E-state index in [0.29, 0.717) is 5.41 Å². The van der Waals surface area contributed by atoms with E-state index in [1.807, 2.05) is 16.1 Å². The van der Waals surface area contributed by atoms with Crippen LogP contribution in [0.2, 0.25) is 0 Å². The second kappa shape index (κ2) is 4.69. The zero-order chi connectivity index (χ0) is 13.6. The maximum absolute atomic E-state index is 12.3. The summed E-state index contributed by atoms with van der Waals surface area (Å²) in [6, 6.07) is 3.74. The molecular formula is C16H20N2OS. The summed E-state index contributed by atoms with van der Waals surface area (Å²) in [6.07, 6.45) is 11.4. The van der Waals surface area contributed by atoms with Gasteiger partial charge in [0.15, 0.2) is 0 Å². The molecule has 0 bridgehead atoms. The van der Waals surface area contributed by atoms with Crippen LogP contribution in [-0.2, 0) is 6.54 Å². The molecule has 0 amide bonds. The van der Waals surface area contributed by atoms with Gasteiger partial charge in [0, 0.05) is 12.7 Å². The van der Waals surface area contributed by atoms with Crippen molar-refractivity contribution in [1.82, 2.24) is 8.94 Å². The number of fused-ring (bicyclic) bond motifs is 1. The molecule has 106 valence electrons. The Morgan fingerprint density at radius 1 is 1.35 bits per heavy atom. The summed E-state index contributed by atoms with van der Waals surface area (Å²) < 4.78 is 1.92. The lowest BCUT2D eigenvalue weighted by Gasteiger charge is -2.31. The Balaban J connectivity index is 1.53. The number of aromatic nitrogens is 2. The standard InChI is InChI=1S/C16H20N2OS/c19-15-13-5-3-10-17-14(13)20-18(15)11-6-12-4-1-2-7-16(12)8-9-16/h3,5,10,12H,1-2,4,6-9,11H2. The van der Waals surface area contributed by atoms with Crippen molar-refractivity contribution < 1.29 is 0 Å². The van der Waals surface area contributed by atoms with Crippen molar-refractivity contribution >= 4 is 21.7 Å². The highest BCUT2D eigenvalue weighted by molar-refractivity contribution is 7.13. The fourth-order valence-electron chi connectivity index (χ4n) is 3.97.